The molecule has 0 heterocycles. The van der Waals surface area contributed by atoms with E-state index < -0.39 is 0 Å². The Balaban J connectivity index is 2.63. The Morgan fingerprint density at radius 2 is 1.91 bits per heavy atom. The summed E-state index contributed by atoms with van der Waals surface area (Å²) in [4.78, 5) is 25.4. The standard InChI is InChI=1S/C16H23ClN2O3/c1-4-22-15(20)9-10-19(11-12(2)3)16(21)18-14-7-5-13(17)6-8-14/h5-8,12H,4,9-11H2,1-3H3,(H,18,21). The van der Waals surface area contributed by atoms with Crippen molar-refractivity contribution in [2.75, 3.05) is 25.0 Å². The van der Waals surface area contributed by atoms with Gasteiger partial charge >= 0.3 is 12.0 Å². The van der Waals surface area contributed by atoms with Gasteiger partial charge in [-0.25, -0.2) is 4.79 Å². The van der Waals surface area contributed by atoms with E-state index in [0.29, 0.717) is 36.3 Å². The number of benzene rings is 1. The van der Waals surface area contributed by atoms with Crippen LogP contribution in [0.5, 0.6) is 0 Å². The third-order valence-electron chi connectivity index (χ3n) is 2.86. The number of rotatable bonds is 7. The van der Waals surface area contributed by atoms with E-state index in [9.17, 15) is 9.59 Å². The van der Waals surface area contributed by atoms with Crippen molar-refractivity contribution >= 4 is 29.3 Å². The Kier molecular flexibility index (Phi) is 7.74. The fourth-order valence-electron chi connectivity index (χ4n) is 1.91. The van der Waals surface area contributed by atoms with Crippen LogP contribution in [0.4, 0.5) is 10.5 Å². The van der Waals surface area contributed by atoms with Crippen molar-refractivity contribution < 1.29 is 14.3 Å². The number of carbonyl (C=O) groups excluding carboxylic acids is 2. The molecule has 1 aromatic carbocycles. The van der Waals surface area contributed by atoms with E-state index >= 15 is 0 Å². The largest absolute Gasteiger partial charge is 0.466 e. The highest BCUT2D eigenvalue weighted by atomic mass is 35.5. The molecule has 0 aliphatic carbocycles. The predicted molar refractivity (Wildman–Crippen MR) is 88.1 cm³/mol. The minimum absolute atomic E-state index is 0.189. The highest BCUT2D eigenvalue weighted by Gasteiger charge is 2.16. The van der Waals surface area contributed by atoms with Gasteiger partial charge in [-0.05, 0) is 37.1 Å². The highest BCUT2D eigenvalue weighted by molar-refractivity contribution is 6.30. The molecule has 0 aliphatic heterocycles. The summed E-state index contributed by atoms with van der Waals surface area (Å²) in [6.45, 7) is 7.05. The quantitative estimate of drug-likeness (QED) is 0.776. The SMILES string of the molecule is CCOC(=O)CCN(CC(C)C)C(=O)Nc1ccc(Cl)cc1. The van der Waals surface area contributed by atoms with Crippen LogP contribution in [-0.2, 0) is 9.53 Å². The molecule has 22 heavy (non-hydrogen) atoms. The van der Waals surface area contributed by atoms with Gasteiger partial charge < -0.3 is 15.0 Å². The van der Waals surface area contributed by atoms with Gasteiger partial charge in [-0.2, -0.15) is 0 Å². The summed E-state index contributed by atoms with van der Waals surface area (Å²) in [6, 6.07) is 6.66. The Hall–Kier alpha value is -1.75. The number of anilines is 1. The van der Waals surface area contributed by atoms with Crippen molar-refractivity contribution in [3.05, 3.63) is 29.3 Å². The molecule has 1 aromatic rings. The summed E-state index contributed by atoms with van der Waals surface area (Å²) < 4.78 is 4.90. The molecule has 0 atom stereocenters. The Morgan fingerprint density at radius 3 is 2.45 bits per heavy atom. The number of carbonyl (C=O) groups is 2. The fourth-order valence-corrected chi connectivity index (χ4v) is 2.04. The van der Waals surface area contributed by atoms with Crippen LogP contribution in [0.2, 0.25) is 5.02 Å². The van der Waals surface area contributed by atoms with Gasteiger partial charge in [0.1, 0.15) is 0 Å². The van der Waals surface area contributed by atoms with Crippen molar-refractivity contribution in [2.45, 2.75) is 27.2 Å². The summed E-state index contributed by atoms with van der Waals surface area (Å²) in [5.74, 6) is 0.00807. The maximum absolute atomic E-state index is 12.3. The predicted octanol–water partition coefficient (Wildman–Crippen LogP) is 3.78. The zero-order valence-corrected chi connectivity index (χ0v) is 14.0. The van der Waals surface area contributed by atoms with Crippen molar-refractivity contribution in [3.63, 3.8) is 0 Å². The minimum Gasteiger partial charge on any atom is -0.466 e. The molecular formula is C16H23ClN2O3. The second kappa shape index (κ2) is 9.30. The van der Waals surface area contributed by atoms with Gasteiger partial charge in [0.25, 0.3) is 0 Å². The smallest absolute Gasteiger partial charge is 0.321 e. The molecule has 0 spiro atoms. The average molecular weight is 327 g/mol. The molecule has 0 fully saturated rings. The van der Waals surface area contributed by atoms with Crippen LogP contribution in [0.3, 0.4) is 0 Å². The van der Waals surface area contributed by atoms with Gasteiger partial charge in [0.05, 0.1) is 13.0 Å². The van der Waals surface area contributed by atoms with E-state index in [-0.39, 0.29) is 18.4 Å². The summed E-state index contributed by atoms with van der Waals surface area (Å²) >= 11 is 5.82. The van der Waals surface area contributed by atoms with E-state index in [1.54, 1.807) is 36.1 Å². The maximum atomic E-state index is 12.3. The number of hydrogen-bond donors (Lipinski definition) is 1. The molecule has 0 radical (unpaired) electrons. The summed E-state index contributed by atoms with van der Waals surface area (Å²) in [5.41, 5.74) is 0.666. The maximum Gasteiger partial charge on any atom is 0.321 e. The molecule has 0 unspecified atom stereocenters. The number of ether oxygens (including phenoxy) is 1. The second-order valence-electron chi connectivity index (χ2n) is 5.33. The topological polar surface area (TPSA) is 58.6 Å². The first kappa shape index (κ1) is 18.3. The number of urea groups is 1. The van der Waals surface area contributed by atoms with Crippen LogP contribution >= 0.6 is 11.6 Å². The molecule has 0 bridgehead atoms. The van der Waals surface area contributed by atoms with Crippen molar-refractivity contribution in [3.8, 4) is 0 Å². The number of halogens is 1. The minimum atomic E-state index is -0.296. The molecule has 0 saturated heterocycles. The molecule has 2 amide bonds. The molecule has 122 valence electrons. The van der Waals surface area contributed by atoms with Crippen LogP contribution < -0.4 is 5.32 Å². The zero-order valence-electron chi connectivity index (χ0n) is 13.3. The molecule has 0 aromatic heterocycles. The van der Waals surface area contributed by atoms with E-state index in [1.165, 1.54) is 0 Å². The first-order valence-electron chi connectivity index (χ1n) is 7.39. The molecule has 6 heteroatoms. The van der Waals surface area contributed by atoms with Gasteiger partial charge in [-0.1, -0.05) is 25.4 Å². The van der Waals surface area contributed by atoms with Crippen molar-refractivity contribution in [1.82, 2.24) is 4.90 Å². The van der Waals surface area contributed by atoms with Crippen LogP contribution in [0, 0.1) is 5.92 Å². The lowest BCUT2D eigenvalue weighted by molar-refractivity contribution is -0.143. The van der Waals surface area contributed by atoms with Gasteiger partial charge in [0, 0.05) is 23.8 Å². The molecular weight excluding hydrogens is 304 g/mol. The molecule has 0 saturated carbocycles. The van der Waals surface area contributed by atoms with Crippen LogP contribution in [0.25, 0.3) is 0 Å². The molecule has 0 aliphatic rings. The average Bonchev–Trinajstić information content (AvgIpc) is 2.45. The van der Waals surface area contributed by atoms with E-state index in [2.05, 4.69) is 5.32 Å². The molecule has 1 rings (SSSR count). The fraction of sp³-hybridized carbons (Fsp3) is 0.500. The molecule has 5 nitrogen and oxygen atoms in total. The van der Waals surface area contributed by atoms with Gasteiger partial charge in [-0.15, -0.1) is 0 Å². The first-order chi connectivity index (χ1) is 10.4. The van der Waals surface area contributed by atoms with Crippen molar-refractivity contribution in [2.24, 2.45) is 5.92 Å². The van der Waals surface area contributed by atoms with E-state index in [4.69, 9.17) is 16.3 Å². The number of amides is 2. The number of esters is 1. The summed E-state index contributed by atoms with van der Waals surface area (Å²) in [7, 11) is 0. The van der Waals surface area contributed by atoms with Crippen LogP contribution in [0.1, 0.15) is 27.2 Å². The summed E-state index contributed by atoms with van der Waals surface area (Å²) in [5, 5.41) is 3.42. The normalized spacial score (nSPS) is 10.4. The lowest BCUT2D eigenvalue weighted by atomic mass is 10.2. The highest BCUT2D eigenvalue weighted by Crippen LogP contribution is 2.14. The number of nitrogens with one attached hydrogen (secondary N) is 1. The Morgan fingerprint density at radius 1 is 1.27 bits per heavy atom. The zero-order chi connectivity index (χ0) is 16.5. The molecule has 1 N–H and O–H groups in total. The lowest BCUT2D eigenvalue weighted by Gasteiger charge is -2.24. The number of nitrogens with zero attached hydrogens (tertiary/aromatic N) is 1. The summed E-state index contributed by atoms with van der Waals surface area (Å²) in [6.07, 6.45) is 0.189. The van der Waals surface area contributed by atoms with Crippen LogP contribution in [-0.4, -0.2) is 36.6 Å². The third kappa shape index (κ3) is 6.80. The first-order valence-corrected chi connectivity index (χ1v) is 7.77. The van der Waals surface area contributed by atoms with Crippen molar-refractivity contribution in [1.29, 1.82) is 0 Å². The monoisotopic (exact) mass is 326 g/mol. The van der Waals surface area contributed by atoms with E-state index in [1.807, 2.05) is 13.8 Å². The number of hydrogen-bond acceptors (Lipinski definition) is 3. The van der Waals surface area contributed by atoms with Gasteiger partial charge in [0.2, 0.25) is 0 Å². The van der Waals surface area contributed by atoms with E-state index in [0.717, 1.165) is 0 Å². The van der Waals surface area contributed by atoms with Gasteiger partial charge in [-0.3, -0.25) is 4.79 Å². The third-order valence-corrected chi connectivity index (χ3v) is 3.11. The Labute approximate surface area is 136 Å². The Bertz CT molecular complexity index is 489. The van der Waals surface area contributed by atoms with Gasteiger partial charge in [0.15, 0.2) is 0 Å². The second-order valence-corrected chi connectivity index (χ2v) is 5.77. The lowest BCUT2D eigenvalue weighted by Crippen LogP contribution is -2.39. The van der Waals surface area contributed by atoms with Crippen LogP contribution in [0.15, 0.2) is 24.3 Å².